The van der Waals surface area contributed by atoms with Gasteiger partial charge in [-0.25, -0.2) is 4.68 Å². The van der Waals surface area contributed by atoms with Gasteiger partial charge in [0.15, 0.2) is 0 Å². The summed E-state index contributed by atoms with van der Waals surface area (Å²) in [5.41, 5.74) is 4.42. The van der Waals surface area contributed by atoms with E-state index < -0.39 is 0 Å². The molecule has 21 heavy (non-hydrogen) atoms. The Morgan fingerprint density at radius 2 is 1.71 bits per heavy atom. The van der Waals surface area contributed by atoms with Crippen molar-refractivity contribution in [2.24, 2.45) is 0 Å². The molecule has 0 bridgehead atoms. The molecule has 0 aliphatic heterocycles. The average Bonchev–Trinajstić information content (AvgIpc) is 3.04. The number of unbranched alkanes of at least 4 members (excludes halogenated alkanes) is 1. The summed E-state index contributed by atoms with van der Waals surface area (Å²) in [5, 5.41) is 8.47. The highest BCUT2D eigenvalue weighted by Crippen LogP contribution is 2.19. The molecule has 0 amide bonds. The summed E-state index contributed by atoms with van der Waals surface area (Å²) in [5.74, 6) is 0. The van der Waals surface area contributed by atoms with Gasteiger partial charge in [0, 0.05) is 5.56 Å². The SMILES string of the molecule is CCCCc1ccc(-c2cn(-c3ccccc3)nn2)cc1. The lowest BCUT2D eigenvalue weighted by Crippen LogP contribution is -1.93. The van der Waals surface area contributed by atoms with Gasteiger partial charge in [-0.3, -0.25) is 0 Å². The number of aromatic nitrogens is 3. The number of para-hydroxylation sites is 1. The average molecular weight is 277 g/mol. The minimum atomic E-state index is 0.904. The summed E-state index contributed by atoms with van der Waals surface area (Å²) in [7, 11) is 0. The first-order chi connectivity index (χ1) is 10.4. The van der Waals surface area contributed by atoms with Crippen molar-refractivity contribution in [2.75, 3.05) is 0 Å². The van der Waals surface area contributed by atoms with Crippen molar-refractivity contribution in [3.8, 4) is 16.9 Å². The van der Waals surface area contributed by atoms with Crippen molar-refractivity contribution in [3.05, 3.63) is 66.4 Å². The fraction of sp³-hybridized carbons (Fsp3) is 0.222. The number of hydrogen-bond donors (Lipinski definition) is 0. The quantitative estimate of drug-likeness (QED) is 0.697. The Kier molecular flexibility index (Phi) is 4.10. The van der Waals surface area contributed by atoms with E-state index in [2.05, 4.69) is 41.5 Å². The number of nitrogens with zero attached hydrogens (tertiary/aromatic N) is 3. The van der Waals surface area contributed by atoms with E-state index in [1.165, 1.54) is 18.4 Å². The molecule has 0 atom stereocenters. The standard InChI is InChI=1S/C18H19N3/c1-2-3-7-15-10-12-16(13-11-15)18-14-21(20-19-18)17-8-5-4-6-9-17/h4-6,8-14H,2-3,7H2,1H3. The van der Waals surface area contributed by atoms with Crippen LogP contribution in [0.1, 0.15) is 25.3 Å². The van der Waals surface area contributed by atoms with Crippen LogP contribution in [0, 0.1) is 0 Å². The van der Waals surface area contributed by atoms with E-state index >= 15 is 0 Å². The number of hydrogen-bond acceptors (Lipinski definition) is 2. The van der Waals surface area contributed by atoms with Crippen molar-refractivity contribution in [2.45, 2.75) is 26.2 Å². The third kappa shape index (κ3) is 3.19. The van der Waals surface area contributed by atoms with E-state index in [4.69, 9.17) is 0 Å². The maximum Gasteiger partial charge on any atom is 0.113 e. The van der Waals surface area contributed by atoms with Crippen LogP contribution in [0.2, 0.25) is 0 Å². The smallest absolute Gasteiger partial charge is 0.113 e. The topological polar surface area (TPSA) is 30.7 Å². The normalized spacial score (nSPS) is 10.7. The fourth-order valence-electron chi connectivity index (χ4n) is 2.33. The maximum atomic E-state index is 4.27. The van der Waals surface area contributed by atoms with Crippen LogP contribution in [0.5, 0.6) is 0 Å². The molecule has 3 aromatic rings. The maximum absolute atomic E-state index is 4.27. The molecule has 2 aromatic carbocycles. The summed E-state index contributed by atoms with van der Waals surface area (Å²) in [6, 6.07) is 18.7. The Balaban J connectivity index is 1.80. The Morgan fingerprint density at radius 3 is 2.43 bits per heavy atom. The van der Waals surface area contributed by atoms with Gasteiger partial charge in [0.1, 0.15) is 5.69 Å². The molecule has 0 saturated heterocycles. The predicted molar refractivity (Wildman–Crippen MR) is 85.4 cm³/mol. The molecule has 0 fully saturated rings. The fourth-order valence-corrected chi connectivity index (χ4v) is 2.33. The molecule has 0 radical (unpaired) electrons. The van der Waals surface area contributed by atoms with E-state index in [-0.39, 0.29) is 0 Å². The van der Waals surface area contributed by atoms with Gasteiger partial charge in [-0.15, -0.1) is 5.10 Å². The lowest BCUT2D eigenvalue weighted by Gasteiger charge is -2.01. The second-order valence-electron chi connectivity index (χ2n) is 5.18. The Labute approximate surface area is 125 Å². The monoisotopic (exact) mass is 277 g/mol. The molecule has 0 aliphatic rings. The number of benzene rings is 2. The summed E-state index contributed by atoms with van der Waals surface area (Å²) in [4.78, 5) is 0. The van der Waals surface area contributed by atoms with Gasteiger partial charge in [0.2, 0.25) is 0 Å². The summed E-state index contributed by atoms with van der Waals surface area (Å²) in [6.07, 6.45) is 5.58. The van der Waals surface area contributed by atoms with Gasteiger partial charge >= 0.3 is 0 Å². The third-order valence-electron chi connectivity index (χ3n) is 3.58. The van der Waals surface area contributed by atoms with E-state index in [1.54, 1.807) is 4.68 Å². The molecular weight excluding hydrogens is 258 g/mol. The van der Waals surface area contributed by atoms with Crippen LogP contribution in [-0.4, -0.2) is 15.0 Å². The van der Waals surface area contributed by atoms with Crippen molar-refractivity contribution >= 4 is 0 Å². The highest BCUT2D eigenvalue weighted by Gasteiger charge is 2.05. The lowest BCUT2D eigenvalue weighted by atomic mass is 10.1. The van der Waals surface area contributed by atoms with Crippen LogP contribution >= 0.6 is 0 Å². The van der Waals surface area contributed by atoms with Gasteiger partial charge in [0.05, 0.1) is 11.9 Å². The summed E-state index contributed by atoms with van der Waals surface area (Å²) < 4.78 is 1.81. The molecule has 0 spiro atoms. The first kappa shape index (κ1) is 13.6. The zero-order valence-electron chi connectivity index (χ0n) is 12.2. The summed E-state index contributed by atoms with van der Waals surface area (Å²) >= 11 is 0. The second kappa shape index (κ2) is 6.35. The van der Waals surface area contributed by atoms with Crippen LogP contribution in [0.3, 0.4) is 0 Å². The molecule has 3 nitrogen and oxygen atoms in total. The minimum Gasteiger partial charge on any atom is -0.220 e. The second-order valence-corrected chi connectivity index (χ2v) is 5.18. The van der Waals surface area contributed by atoms with Crippen LogP contribution in [0.25, 0.3) is 16.9 Å². The molecule has 1 aromatic heterocycles. The zero-order valence-corrected chi connectivity index (χ0v) is 12.2. The lowest BCUT2D eigenvalue weighted by molar-refractivity contribution is 0.795. The van der Waals surface area contributed by atoms with E-state index in [0.717, 1.165) is 23.4 Å². The Morgan fingerprint density at radius 1 is 0.952 bits per heavy atom. The molecule has 3 heteroatoms. The Hall–Kier alpha value is -2.42. The molecular formula is C18H19N3. The Bertz CT molecular complexity index is 684. The molecule has 1 heterocycles. The van der Waals surface area contributed by atoms with Crippen molar-refractivity contribution < 1.29 is 0 Å². The first-order valence-corrected chi connectivity index (χ1v) is 7.44. The van der Waals surface area contributed by atoms with Gasteiger partial charge in [0.25, 0.3) is 0 Å². The molecule has 3 rings (SSSR count). The highest BCUT2D eigenvalue weighted by atomic mass is 15.4. The van der Waals surface area contributed by atoms with Crippen LogP contribution < -0.4 is 0 Å². The predicted octanol–water partition coefficient (Wildman–Crippen LogP) is 4.28. The molecule has 0 aliphatic carbocycles. The number of aryl methyl sites for hydroxylation is 1. The van der Waals surface area contributed by atoms with Crippen LogP contribution in [0.4, 0.5) is 0 Å². The van der Waals surface area contributed by atoms with Crippen molar-refractivity contribution in [1.29, 1.82) is 0 Å². The van der Waals surface area contributed by atoms with Gasteiger partial charge in [-0.2, -0.15) is 0 Å². The zero-order chi connectivity index (χ0) is 14.5. The van der Waals surface area contributed by atoms with E-state index in [9.17, 15) is 0 Å². The van der Waals surface area contributed by atoms with Crippen LogP contribution in [0.15, 0.2) is 60.8 Å². The van der Waals surface area contributed by atoms with Gasteiger partial charge in [-0.1, -0.05) is 61.0 Å². The first-order valence-electron chi connectivity index (χ1n) is 7.44. The van der Waals surface area contributed by atoms with Crippen molar-refractivity contribution in [1.82, 2.24) is 15.0 Å². The largest absolute Gasteiger partial charge is 0.220 e. The van der Waals surface area contributed by atoms with E-state index in [0.29, 0.717) is 0 Å². The highest BCUT2D eigenvalue weighted by molar-refractivity contribution is 5.58. The van der Waals surface area contributed by atoms with Crippen molar-refractivity contribution in [3.63, 3.8) is 0 Å². The van der Waals surface area contributed by atoms with Gasteiger partial charge < -0.3 is 0 Å². The molecule has 0 unspecified atom stereocenters. The molecule has 0 saturated carbocycles. The van der Waals surface area contributed by atoms with Gasteiger partial charge in [-0.05, 0) is 30.5 Å². The van der Waals surface area contributed by atoms with E-state index in [1.807, 2.05) is 36.5 Å². The third-order valence-corrected chi connectivity index (χ3v) is 3.58. The summed E-state index contributed by atoms with van der Waals surface area (Å²) in [6.45, 7) is 2.22. The minimum absolute atomic E-state index is 0.904. The van der Waals surface area contributed by atoms with Crippen LogP contribution in [-0.2, 0) is 6.42 Å². The molecule has 0 N–H and O–H groups in total. The molecule has 106 valence electrons. The number of rotatable bonds is 5.